The van der Waals surface area contributed by atoms with Crippen molar-refractivity contribution in [3.8, 4) is 5.75 Å². The Morgan fingerprint density at radius 2 is 1.56 bits per heavy atom. The maximum Gasteiger partial charge on any atom is 0.573 e. The highest BCUT2D eigenvalue weighted by molar-refractivity contribution is 6.13. The molecule has 1 N–H and O–H groups in total. The summed E-state index contributed by atoms with van der Waals surface area (Å²) < 4.78 is 71.8. The van der Waals surface area contributed by atoms with Crippen molar-refractivity contribution in [3.05, 3.63) is 95.7 Å². The van der Waals surface area contributed by atoms with E-state index in [0.29, 0.717) is 10.9 Å². The number of anilines is 1. The first-order chi connectivity index (χ1) is 15.2. The number of para-hydroxylation sites is 3. The summed E-state index contributed by atoms with van der Waals surface area (Å²) in [4.78, 5) is 12.8. The average molecular weight is 446 g/mol. The van der Waals surface area contributed by atoms with Crippen LogP contribution in [0.2, 0.25) is 0 Å². The number of hydrogen-bond acceptors (Lipinski definition) is 2. The van der Waals surface area contributed by atoms with Gasteiger partial charge in [-0.05, 0) is 24.3 Å². The van der Waals surface area contributed by atoms with Crippen LogP contribution >= 0.6 is 0 Å². The van der Waals surface area contributed by atoms with Gasteiger partial charge in [-0.15, -0.1) is 13.2 Å². The maximum absolute atomic E-state index is 13.9. The smallest absolute Gasteiger partial charge is 0.405 e. The molecule has 0 aliphatic heterocycles. The Hall–Kier alpha value is -3.88. The normalized spacial score (nSPS) is 11.5. The second-order valence-electron chi connectivity index (χ2n) is 6.89. The molecule has 1 amide bonds. The number of halogens is 5. The van der Waals surface area contributed by atoms with Crippen LogP contribution in [0.5, 0.6) is 5.75 Å². The molecule has 1 heterocycles. The zero-order valence-electron chi connectivity index (χ0n) is 16.3. The molecule has 0 spiro atoms. The molecule has 0 saturated heterocycles. The van der Waals surface area contributed by atoms with Gasteiger partial charge >= 0.3 is 6.36 Å². The van der Waals surface area contributed by atoms with Crippen molar-refractivity contribution in [2.45, 2.75) is 12.9 Å². The van der Waals surface area contributed by atoms with E-state index in [-0.39, 0.29) is 23.4 Å². The number of nitrogens with one attached hydrogen (secondary N) is 1. The monoisotopic (exact) mass is 446 g/mol. The highest BCUT2D eigenvalue weighted by Gasteiger charge is 2.32. The van der Waals surface area contributed by atoms with Crippen LogP contribution < -0.4 is 10.1 Å². The topological polar surface area (TPSA) is 43.3 Å². The molecule has 0 aliphatic carbocycles. The summed E-state index contributed by atoms with van der Waals surface area (Å²) in [5, 5.41) is 2.70. The molecule has 1 aromatic heterocycles. The lowest BCUT2D eigenvalue weighted by Gasteiger charge is -2.14. The van der Waals surface area contributed by atoms with E-state index in [1.54, 1.807) is 34.9 Å². The first-order valence-electron chi connectivity index (χ1n) is 9.40. The molecule has 0 saturated carbocycles. The summed E-state index contributed by atoms with van der Waals surface area (Å²) in [6.07, 6.45) is -3.44. The van der Waals surface area contributed by atoms with Crippen LogP contribution in [0.4, 0.5) is 27.6 Å². The third-order valence-electron chi connectivity index (χ3n) is 4.77. The number of benzene rings is 3. The fourth-order valence-corrected chi connectivity index (χ4v) is 3.40. The van der Waals surface area contributed by atoms with Gasteiger partial charge in [0.25, 0.3) is 5.91 Å². The first kappa shape index (κ1) is 21.4. The zero-order valence-corrected chi connectivity index (χ0v) is 16.3. The molecule has 0 radical (unpaired) electrons. The Bertz CT molecular complexity index is 1280. The molecule has 4 nitrogen and oxygen atoms in total. The summed E-state index contributed by atoms with van der Waals surface area (Å²) in [6, 6.07) is 15.6. The van der Waals surface area contributed by atoms with E-state index < -0.39 is 29.6 Å². The summed E-state index contributed by atoms with van der Waals surface area (Å²) >= 11 is 0. The Labute approximate surface area is 178 Å². The Balaban J connectivity index is 1.71. The molecule has 0 bridgehead atoms. The molecule has 0 atom stereocenters. The van der Waals surface area contributed by atoms with Crippen LogP contribution in [-0.4, -0.2) is 16.8 Å². The number of rotatable bonds is 5. The van der Waals surface area contributed by atoms with Crippen molar-refractivity contribution in [1.82, 2.24) is 4.57 Å². The fraction of sp³-hybridized carbons (Fsp3) is 0.0870. The number of carbonyl (C=O) groups is 1. The van der Waals surface area contributed by atoms with Crippen LogP contribution in [0.1, 0.15) is 15.9 Å². The van der Waals surface area contributed by atoms with Crippen molar-refractivity contribution in [2.75, 3.05) is 5.32 Å². The van der Waals surface area contributed by atoms with Crippen LogP contribution in [-0.2, 0) is 6.54 Å². The predicted molar refractivity (Wildman–Crippen MR) is 108 cm³/mol. The number of ether oxygens (including phenoxy) is 1. The number of fused-ring (bicyclic) bond motifs is 1. The summed E-state index contributed by atoms with van der Waals surface area (Å²) in [7, 11) is 0. The van der Waals surface area contributed by atoms with Gasteiger partial charge in [0, 0.05) is 22.7 Å². The third-order valence-corrected chi connectivity index (χ3v) is 4.77. The Kier molecular flexibility index (Phi) is 5.56. The average Bonchev–Trinajstić information content (AvgIpc) is 3.10. The largest absolute Gasteiger partial charge is 0.573 e. The van der Waals surface area contributed by atoms with Crippen LogP contribution in [0.25, 0.3) is 10.9 Å². The molecule has 32 heavy (non-hydrogen) atoms. The maximum atomic E-state index is 13.9. The predicted octanol–water partition coefficient (Wildman–Crippen LogP) is 6.12. The van der Waals surface area contributed by atoms with Gasteiger partial charge in [-0.1, -0.05) is 42.5 Å². The summed E-state index contributed by atoms with van der Waals surface area (Å²) in [5.41, 5.74) is 0.307. The molecule has 164 valence electrons. The van der Waals surface area contributed by atoms with Gasteiger partial charge in [-0.25, -0.2) is 8.78 Å². The van der Waals surface area contributed by atoms with Crippen molar-refractivity contribution in [2.24, 2.45) is 0 Å². The second-order valence-corrected chi connectivity index (χ2v) is 6.89. The summed E-state index contributed by atoms with van der Waals surface area (Å²) in [6.45, 7) is -0.0336. The van der Waals surface area contributed by atoms with Gasteiger partial charge < -0.3 is 14.6 Å². The zero-order chi connectivity index (χ0) is 22.9. The fourth-order valence-electron chi connectivity index (χ4n) is 3.40. The van der Waals surface area contributed by atoms with E-state index in [2.05, 4.69) is 10.1 Å². The van der Waals surface area contributed by atoms with Crippen LogP contribution in [0, 0.1) is 11.6 Å². The van der Waals surface area contributed by atoms with Gasteiger partial charge in [0.15, 0.2) is 0 Å². The standard InChI is InChI=1S/C23H15F5N2O2/c24-17-8-5-9-18(25)21(17)29-22(31)16-13-30(19-10-3-2-7-15(16)19)12-14-6-1-4-11-20(14)32-23(26,27)28/h1-11,13H,12H2,(H,29,31). The number of carbonyl (C=O) groups excluding carboxylic acids is 1. The lowest BCUT2D eigenvalue weighted by molar-refractivity contribution is -0.274. The molecule has 0 aliphatic rings. The lowest BCUT2D eigenvalue weighted by atomic mass is 10.1. The molecule has 0 fully saturated rings. The molecule has 9 heteroatoms. The molecule has 3 aromatic carbocycles. The number of aromatic nitrogens is 1. The molecule has 4 rings (SSSR count). The van der Waals surface area contributed by atoms with E-state index in [9.17, 15) is 26.7 Å². The lowest BCUT2D eigenvalue weighted by Crippen LogP contribution is -2.18. The number of hydrogen-bond donors (Lipinski definition) is 1. The van der Waals surface area contributed by atoms with Crippen molar-refractivity contribution in [1.29, 1.82) is 0 Å². The van der Waals surface area contributed by atoms with E-state index >= 15 is 0 Å². The molecular weight excluding hydrogens is 431 g/mol. The quantitative estimate of drug-likeness (QED) is 0.376. The first-order valence-corrected chi connectivity index (χ1v) is 9.40. The number of amides is 1. The van der Waals surface area contributed by atoms with Gasteiger partial charge in [0.2, 0.25) is 0 Å². The van der Waals surface area contributed by atoms with Crippen molar-refractivity contribution in [3.63, 3.8) is 0 Å². The van der Waals surface area contributed by atoms with Gasteiger partial charge in [-0.3, -0.25) is 4.79 Å². The van der Waals surface area contributed by atoms with Crippen molar-refractivity contribution >= 4 is 22.5 Å². The van der Waals surface area contributed by atoms with Crippen LogP contribution in [0.15, 0.2) is 72.9 Å². The van der Waals surface area contributed by atoms with Gasteiger partial charge in [-0.2, -0.15) is 0 Å². The second kappa shape index (κ2) is 8.33. The van der Waals surface area contributed by atoms with E-state index in [0.717, 1.165) is 12.1 Å². The Morgan fingerprint density at radius 3 is 2.28 bits per heavy atom. The molecular formula is C23H15F5N2O2. The van der Waals surface area contributed by atoms with E-state index in [1.807, 2.05) is 0 Å². The van der Waals surface area contributed by atoms with E-state index in [4.69, 9.17) is 0 Å². The Morgan fingerprint density at radius 1 is 0.906 bits per heavy atom. The molecule has 4 aromatic rings. The van der Waals surface area contributed by atoms with Crippen molar-refractivity contribution < 1.29 is 31.5 Å². The minimum Gasteiger partial charge on any atom is -0.405 e. The third kappa shape index (κ3) is 4.41. The highest BCUT2D eigenvalue weighted by atomic mass is 19.4. The van der Waals surface area contributed by atoms with Crippen LogP contribution in [0.3, 0.4) is 0 Å². The highest BCUT2D eigenvalue weighted by Crippen LogP contribution is 2.29. The minimum absolute atomic E-state index is 0.0336. The minimum atomic E-state index is -4.86. The SMILES string of the molecule is O=C(Nc1c(F)cccc1F)c1cn(Cc2ccccc2OC(F)(F)F)c2ccccc12. The van der Waals surface area contributed by atoms with Gasteiger partial charge in [0.1, 0.15) is 23.1 Å². The number of nitrogens with zero attached hydrogens (tertiary/aromatic N) is 1. The van der Waals surface area contributed by atoms with E-state index in [1.165, 1.54) is 30.5 Å². The summed E-state index contributed by atoms with van der Waals surface area (Å²) in [5.74, 6) is -2.98. The molecule has 0 unspecified atom stereocenters. The van der Waals surface area contributed by atoms with Gasteiger partial charge in [0.05, 0.1) is 12.1 Å². The number of alkyl halides is 3.